The number of amides is 1. The number of ketones is 1. The molecule has 0 aromatic carbocycles. The lowest BCUT2D eigenvalue weighted by molar-refractivity contribution is -0.124. The molecule has 1 saturated heterocycles. The summed E-state index contributed by atoms with van der Waals surface area (Å²) in [6.45, 7) is 5.12. The van der Waals surface area contributed by atoms with E-state index in [4.69, 9.17) is 4.74 Å². The SMILES string of the molecule is COC(=O)NC(C(=O)C(C)C)C1[C@H]2COC[C@@H]12. The third kappa shape index (κ3) is 2.29. The van der Waals surface area contributed by atoms with E-state index in [9.17, 15) is 9.59 Å². The van der Waals surface area contributed by atoms with Crippen LogP contribution in [-0.2, 0) is 14.3 Å². The molecule has 1 aliphatic carbocycles. The Labute approximate surface area is 101 Å². The van der Waals surface area contributed by atoms with Crippen LogP contribution < -0.4 is 5.32 Å². The van der Waals surface area contributed by atoms with Crippen molar-refractivity contribution in [2.75, 3.05) is 20.3 Å². The van der Waals surface area contributed by atoms with Gasteiger partial charge in [0.2, 0.25) is 0 Å². The number of Topliss-reactive ketones (excluding diaryl/α,β-unsaturated/α-hetero) is 1. The highest BCUT2D eigenvalue weighted by molar-refractivity contribution is 5.89. The first kappa shape index (κ1) is 12.4. The molecule has 1 heterocycles. The van der Waals surface area contributed by atoms with Crippen LogP contribution in [0.25, 0.3) is 0 Å². The van der Waals surface area contributed by atoms with Gasteiger partial charge in [-0.15, -0.1) is 0 Å². The average molecular weight is 241 g/mol. The maximum absolute atomic E-state index is 12.1. The second-order valence-corrected chi connectivity index (χ2v) is 5.11. The van der Waals surface area contributed by atoms with Crippen molar-refractivity contribution in [2.45, 2.75) is 19.9 Å². The summed E-state index contributed by atoms with van der Waals surface area (Å²) < 4.78 is 9.88. The summed E-state index contributed by atoms with van der Waals surface area (Å²) in [6.07, 6.45) is -0.533. The second kappa shape index (κ2) is 4.64. The zero-order valence-corrected chi connectivity index (χ0v) is 10.4. The third-order valence-electron chi connectivity index (χ3n) is 3.74. The first-order chi connectivity index (χ1) is 8.06. The van der Waals surface area contributed by atoms with Crippen LogP contribution >= 0.6 is 0 Å². The maximum Gasteiger partial charge on any atom is 0.407 e. The van der Waals surface area contributed by atoms with Gasteiger partial charge in [0.15, 0.2) is 5.78 Å². The molecule has 2 rings (SSSR count). The Kier molecular flexibility index (Phi) is 3.38. The van der Waals surface area contributed by atoms with E-state index >= 15 is 0 Å². The van der Waals surface area contributed by atoms with Crippen LogP contribution in [0.2, 0.25) is 0 Å². The van der Waals surface area contributed by atoms with Gasteiger partial charge in [-0.3, -0.25) is 4.79 Å². The molecule has 2 fully saturated rings. The number of carbonyl (C=O) groups excluding carboxylic acids is 2. The van der Waals surface area contributed by atoms with Crippen molar-refractivity contribution >= 4 is 11.9 Å². The van der Waals surface area contributed by atoms with Gasteiger partial charge in [0, 0.05) is 5.92 Å². The van der Waals surface area contributed by atoms with Gasteiger partial charge in [-0.05, 0) is 17.8 Å². The third-order valence-corrected chi connectivity index (χ3v) is 3.74. The average Bonchev–Trinajstić information content (AvgIpc) is 2.77. The summed E-state index contributed by atoms with van der Waals surface area (Å²) in [4.78, 5) is 23.4. The van der Waals surface area contributed by atoms with Gasteiger partial charge in [0.05, 0.1) is 26.4 Å². The molecule has 2 aliphatic rings. The molecule has 0 radical (unpaired) electrons. The fraction of sp³-hybridized carbons (Fsp3) is 0.833. The van der Waals surface area contributed by atoms with Crippen molar-refractivity contribution in [2.24, 2.45) is 23.7 Å². The monoisotopic (exact) mass is 241 g/mol. The van der Waals surface area contributed by atoms with Crippen molar-refractivity contribution in [3.05, 3.63) is 0 Å². The summed E-state index contributed by atoms with van der Waals surface area (Å²) in [7, 11) is 1.31. The fourth-order valence-corrected chi connectivity index (χ4v) is 2.68. The molecular formula is C12H19NO4. The van der Waals surface area contributed by atoms with Gasteiger partial charge in [0.1, 0.15) is 0 Å². The van der Waals surface area contributed by atoms with E-state index < -0.39 is 12.1 Å². The number of fused-ring (bicyclic) bond motifs is 1. The van der Waals surface area contributed by atoms with Crippen LogP contribution in [0.1, 0.15) is 13.8 Å². The van der Waals surface area contributed by atoms with Gasteiger partial charge < -0.3 is 14.8 Å². The molecule has 1 aliphatic heterocycles. The van der Waals surface area contributed by atoms with Crippen molar-refractivity contribution in [3.63, 3.8) is 0 Å². The minimum atomic E-state index is -0.533. The predicted octanol–water partition coefficient (Wildman–Crippen LogP) is 0.828. The van der Waals surface area contributed by atoms with Crippen molar-refractivity contribution in [1.82, 2.24) is 5.32 Å². The van der Waals surface area contributed by atoms with Gasteiger partial charge in [0.25, 0.3) is 0 Å². The van der Waals surface area contributed by atoms with Crippen molar-refractivity contribution < 1.29 is 19.1 Å². The zero-order chi connectivity index (χ0) is 12.6. The number of ether oxygens (including phenoxy) is 2. The van der Waals surface area contributed by atoms with E-state index in [0.717, 1.165) is 0 Å². The molecule has 1 amide bonds. The minimum absolute atomic E-state index is 0.0785. The minimum Gasteiger partial charge on any atom is -0.453 e. The molecule has 5 nitrogen and oxygen atoms in total. The van der Waals surface area contributed by atoms with Gasteiger partial charge >= 0.3 is 6.09 Å². The number of rotatable bonds is 4. The van der Waals surface area contributed by atoms with E-state index in [2.05, 4.69) is 10.1 Å². The molecule has 1 saturated carbocycles. The first-order valence-corrected chi connectivity index (χ1v) is 6.02. The van der Waals surface area contributed by atoms with Crippen molar-refractivity contribution in [3.8, 4) is 0 Å². The number of hydrogen-bond acceptors (Lipinski definition) is 4. The summed E-state index contributed by atoms with van der Waals surface area (Å²) in [5.41, 5.74) is 0. The summed E-state index contributed by atoms with van der Waals surface area (Å²) >= 11 is 0. The molecule has 0 spiro atoms. The number of hydrogen-bond donors (Lipinski definition) is 1. The smallest absolute Gasteiger partial charge is 0.407 e. The standard InChI is InChI=1S/C12H19NO4/c1-6(2)11(14)10(13-12(15)16-3)9-7-4-17-5-8(7)9/h6-10H,4-5H2,1-3H3,(H,13,15)/t7-,8+,9?,10?. The summed E-state index contributed by atoms with van der Waals surface area (Å²) in [5, 5.41) is 2.67. The molecule has 17 heavy (non-hydrogen) atoms. The van der Waals surface area contributed by atoms with E-state index in [0.29, 0.717) is 25.0 Å². The molecule has 0 bridgehead atoms. The highest BCUT2D eigenvalue weighted by atomic mass is 16.5. The molecular weight excluding hydrogens is 222 g/mol. The van der Waals surface area contributed by atoms with E-state index in [1.54, 1.807) is 0 Å². The Morgan fingerprint density at radius 1 is 1.29 bits per heavy atom. The predicted molar refractivity (Wildman–Crippen MR) is 60.5 cm³/mol. The number of carbonyl (C=O) groups is 2. The molecule has 96 valence electrons. The highest BCUT2D eigenvalue weighted by Crippen LogP contribution is 2.53. The van der Waals surface area contributed by atoms with E-state index in [1.807, 2.05) is 13.8 Å². The Bertz CT molecular complexity index is 318. The molecule has 4 atom stereocenters. The first-order valence-electron chi connectivity index (χ1n) is 6.02. The van der Waals surface area contributed by atoms with Crippen LogP contribution in [0.4, 0.5) is 4.79 Å². The van der Waals surface area contributed by atoms with Gasteiger partial charge in [-0.2, -0.15) is 0 Å². The summed E-state index contributed by atoms with van der Waals surface area (Å²) in [6, 6.07) is -0.415. The van der Waals surface area contributed by atoms with Crippen LogP contribution in [-0.4, -0.2) is 38.2 Å². The molecule has 1 N–H and O–H groups in total. The zero-order valence-electron chi connectivity index (χ0n) is 10.4. The maximum atomic E-state index is 12.1. The molecule has 0 aromatic heterocycles. The Morgan fingerprint density at radius 3 is 2.35 bits per heavy atom. The summed E-state index contributed by atoms with van der Waals surface area (Å²) in [5.74, 6) is 1.09. The van der Waals surface area contributed by atoms with Gasteiger partial charge in [-0.25, -0.2) is 4.79 Å². The second-order valence-electron chi connectivity index (χ2n) is 5.11. The lowest BCUT2D eigenvalue weighted by Gasteiger charge is -2.20. The molecule has 5 heteroatoms. The number of methoxy groups -OCH3 is 1. The van der Waals surface area contributed by atoms with Crippen LogP contribution in [0.3, 0.4) is 0 Å². The highest BCUT2D eigenvalue weighted by Gasteiger charge is 2.59. The topological polar surface area (TPSA) is 64.6 Å². The van der Waals surface area contributed by atoms with Crippen LogP contribution in [0, 0.1) is 23.7 Å². The fourth-order valence-electron chi connectivity index (χ4n) is 2.68. The van der Waals surface area contributed by atoms with Crippen molar-refractivity contribution in [1.29, 1.82) is 0 Å². The molecule has 0 aromatic rings. The van der Waals surface area contributed by atoms with E-state index in [-0.39, 0.29) is 17.6 Å². The van der Waals surface area contributed by atoms with E-state index in [1.165, 1.54) is 7.11 Å². The Hall–Kier alpha value is -1.10. The Balaban J connectivity index is 2.03. The normalized spacial score (nSPS) is 31.9. The number of alkyl carbamates (subject to hydrolysis) is 1. The quantitative estimate of drug-likeness (QED) is 0.791. The van der Waals surface area contributed by atoms with Crippen LogP contribution in [0.15, 0.2) is 0 Å². The lowest BCUT2D eigenvalue weighted by Crippen LogP contribution is -2.45. The number of nitrogens with one attached hydrogen (secondary N) is 1. The molecule has 2 unspecified atom stereocenters. The lowest BCUT2D eigenvalue weighted by atomic mass is 9.96. The Morgan fingerprint density at radius 2 is 1.88 bits per heavy atom. The van der Waals surface area contributed by atoms with Gasteiger partial charge in [-0.1, -0.05) is 13.8 Å². The van der Waals surface area contributed by atoms with Crippen LogP contribution in [0.5, 0.6) is 0 Å². The largest absolute Gasteiger partial charge is 0.453 e.